The quantitative estimate of drug-likeness (QED) is 0.653. The first-order valence-corrected chi connectivity index (χ1v) is 11.0. The van der Waals surface area contributed by atoms with Gasteiger partial charge >= 0.3 is 0 Å². The van der Waals surface area contributed by atoms with Crippen molar-refractivity contribution in [2.45, 2.75) is 31.5 Å². The van der Waals surface area contributed by atoms with Crippen LogP contribution in [0.15, 0.2) is 82.4 Å². The number of aliphatic imine (C=N–C) groups is 2. The molecule has 2 aromatic carbocycles. The van der Waals surface area contributed by atoms with Crippen LogP contribution in [0.5, 0.6) is 0 Å². The molecule has 160 valence electrons. The number of aromatic nitrogens is 1. The highest BCUT2D eigenvalue weighted by molar-refractivity contribution is 6.00. The van der Waals surface area contributed by atoms with Crippen molar-refractivity contribution in [3.05, 3.63) is 72.4 Å². The molecule has 0 amide bonds. The molecule has 3 heterocycles. The van der Waals surface area contributed by atoms with Crippen LogP contribution in [0.2, 0.25) is 0 Å². The van der Waals surface area contributed by atoms with Gasteiger partial charge in [0.15, 0.2) is 6.17 Å². The summed E-state index contributed by atoms with van der Waals surface area (Å²) in [4.78, 5) is 15.9. The van der Waals surface area contributed by atoms with Crippen molar-refractivity contribution in [3.63, 3.8) is 0 Å². The fourth-order valence-corrected chi connectivity index (χ4v) is 4.22. The van der Waals surface area contributed by atoms with Gasteiger partial charge in [-0.2, -0.15) is 4.99 Å². The van der Waals surface area contributed by atoms with Crippen LogP contribution >= 0.6 is 0 Å². The summed E-state index contributed by atoms with van der Waals surface area (Å²) in [6, 6.07) is 18.6. The summed E-state index contributed by atoms with van der Waals surface area (Å²) in [5, 5.41) is 7.78. The van der Waals surface area contributed by atoms with Gasteiger partial charge in [-0.05, 0) is 54.7 Å². The van der Waals surface area contributed by atoms with Crippen LogP contribution in [0, 0.1) is 0 Å². The molecule has 32 heavy (non-hydrogen) atoms. The Morgan fingerprint density at radius 3 is 2.78 bits per heavy atom. The zero-order valence-electron chi connectivity index (χ0n) is 17.8. The molecule has 3 aliphatic rings. The van der Waals surface area contributed by atoms with Gasteiger partial charge in [-0.1, -0.05) is 30.3 Å². The SMILES string of the molecule is CN1C(Nc2ccc3nccc(-c4ccccc4)c3c2)=NC(OC2CCC2)=C2NC=NC21. The second-order valence-electron chi connectivity index (χ2n) is 8.31. The van der Waals surface area contributed by atoms with Gasteiger partial charge in [0, 0.05) is 24.3 Å². The third-order valence-corrected chi connectivity index (χ3v) is 6.25. The molecular formula is C25H24N6O. The summed E-state index contributed by atoms with van der Waals surface area (Å²) in [7, 11) is 1.99. The molecule has 1 fully saturated rings. The molecule has 2 aliphatic heterocycles. The Labute approximate surface area is 186 Å². The molecule has 0 radical (unpaired) electrons. The predicted octanol–water partition coefficient (Wildman–Crippen LogP) is 4.31. The van der Waals surface area contributed by atoms with Gasteiger partial charge in [0.1, 0.15) is 11.8 Å². The topological polar surface area (TPSA) is 74.1 Å². The van der Waals surface area contributed by atoms with E-state index in [-0.39, 0.29) is 12.3 Å². The van der Waals surface area contributed by atoms with E-state index in [9.17, 15) is 0 Å². The normalized spacial score (nSPS) is 20.0. The van der Waals surface area contributed by atoms with E-state index in [1.807, 2.05) is 36.3 Å². The van der Waals surface area contributed by atoms with E-state index in [0.717, 1.165) is 40.7 Å². The third-order valence-electron chi connectivity index (χ3n) is 6.25. The van der Waals surface area contributed by atoms with Crippen molar-refractivity contribution in [2.24, 2.45) is 9.98 Å². The lowest BCUT2D eigenvalue weighted by Crippen LogP contribution is -2.45. The average Bonchev–Trinajstić information content (AvgIpc) is 3.30. The van der Waals surface area contributed by atoms with Gasteiger partial charge < -0.3 is 20.3 Å². The number of pyridine rings is 1. The van der Waals surface area contributed by atoms with Crippen molar-refractivity contribution < 1.29 is 4.74 Å². The van der Waals surface area contributed by atoms with Crippen LogP contribution in [0.25, 0.3) is 22.0 Å². The van der Waals surface area contributed by atoms with E-state index in [4.69, 9.17) is 9.73 Å². The maximum atomic E-state index is 6.18. The standard InChI is InChI=1S/C25H24N6O/c1-31-23-22(27-15-28-23)24(32-18-8-5-9-18)30-25(31)29-17-10-11-21-20(14-17)19(12-13-26-21)16-6-3-2-4-7-16/h2-4,6-7,10-15,18,23H,5,8-9H2,1H3,(H,27,28)(H,29,30). The fraction of sp³-hybridized carbons (Fsp3) is 0.240. The van der Waals surface area contributed by atoms with Crippen molar-refractivity contribution in [1.29, 1.82) is 0 Å². The van der Waals surface area contributed by atoms with Gasteiger partial charge in [0.25, 0.3) is 0 Å². The van der Waals surface area contributed by atoms with Crippen LogP contribution in [0.1, 0.15) is 19.3 Å². The number of hydrogen-bond acceptors (Lipinski definition) is 7. The second kappa shape index (κ2) is 7.67. The molecule has 2 N–H and O–H groups in total. The largest absolute Gasteiger partial charge is 0.473 e. The van der Waals surface area contributed by atoms with Crippen molar-refractivity contribution in [3.8, 4) is 11.1 Å². The molecule has 7 nitrogen and oxygen atoms in total. The Morgan fingerprint density at radius 1 is 1.09 bits per heavy atom. The molecule has 3 aromatic rings. The number of hydrogen-bond donors (Lipinski definition) is 2. The molecule has 1 aromatic heterocycles. The molecule has 0 bridgehead atoms. The molecule has 7 heteroatoms. The van der Waals surface area contributed by atoms with E-state index in [1.54, 1.807) is 6.34 Å². The number of anilines is 1. The molecule has 6 rings (SSSR count). The van der Waals surface area contributed by atoms with E-state index >= 15 is 0 Å². The van der Waals surface area contributed by atoms with Gasteiger partial charge in [-0.25, -0.2) is 4.99 Å². The highest BCUT2D eigenvalue weighted by Gasteiger charge is 2.34. The molecular weight excluding hydrogens is 400 g/mol. The van der Waals surface area contributed by atoms with Gasteiger partial charge in [0.05, 0.1) is 11.9 Å². The first kappa shape index (κ1) is 18.9. The average molecular weight is 425 g/mol. The number of likely N-dealkylation sites (N-methyl/N-ethyl adjacent to an activating group) is 1. The summed E-state index contributed by atoms with van der Waals surface area (Å²) in [6.07, 6.45) is 7.03. The lowest BCUT2D eigenvalue weighted by atomic mass is 9.96. The Balaban J connectivity index is 1.35. The lowest BCUT2D eigenvalue weighted by Gasteiger charge is -2.34. The molecule has 1 unspecified atom stereocenters. The van der Waals surface area contributed by atoms with E-state index in [2.05, 4.69) is 57.0 Å². The van der Waals surface area contributed by atoms with Crippen molar-refractivity contribution in [1.82, 2.24) is 15.2 Å². The summed E-state index contributed by atoms with van der Waals surface area (Å²) >= 11 is 0. The second-order valence-corrected chi connectivity index (χ2v) is 8.31. The fourth-order valence-electron chi connectivity index (χ4n) is 4.22. The molecule has 0 saturated heterocycles. The van der Waals surface area contributed by atoms with Crippen LogP contribution in [-0.2, 0) is 4.74 Å². The highest BCUT2D eigenvalue weighted by atomic mass is 16.5. The van der Waals surface area contributed by atoms with E-state index in [1.165, 1.54) is 12.0 Å². The predicted molar refractivity (Wildman–Crippen MR) is 127 cm³/mol. The first-order chi connectivity index (χ1) is 15.8. The zero-order valence-corrected chi connectivity index (χ0v) is 17.8. The minimum absolute atomic E-state index is 0.160. The van der Waals surface area contributed by atoms with Crippen LogP contribution in [0.3, 0.4) is 0 Å². The minimum Gasteiger partial charge on any atom is -0.473 e. The first-order valence-electron chi connectivity index (χ1n) is 11.0. The summed E-state index contributed by atoms with van der Waals surface area (Å²) < 4.78 is 6.18. The van der Waals surface area contributed by atoms with Gasteiger partial charge in [0.2, 0.25) is 11.8 Å². The minimum atomic E-state index is -0.160. The number of rotatable bonds is 4. The van der Waals surface area contributed by atoms with Gasteiger partial charge in [-0.3, -0.25) is 4.98 Å². The van der Waals surface area contributed by atoms with Gasteiger partial charge in [-0.15, -0.1) is 0 Å². The summed E-state index contributed by atoms with van der Waals surface area (Å²) in [5.74, 6) is 1.34. The number of benzene rings is 2. The number of fused-ring (bicyclic) bond motifs is 2. The monoisotopic (exact) mass is 424 g/mol. The number of guanidine groups is 1. The summed E-state index contributed by atoms with van der Waals surface area (Å²) in [6.45, 7) is 0. The molecule has 0 spiro atoms. The lowest BCUT2D eigenvalue weighted by molar-refractivity contribution is 0.0460. The maximum Gasteiger partial charge on any atom is 0.241 e. The van der Waals surface area contributed by atoms with Crippen LogP contribution in [-0.4, -0.2) is 41.5 Å². The third kappa shape index (κ3) is 3.26. The Bertz CT molecular complexity index is 1260. The van der Waals surface area contributed by atoms with Crippen molar-refractivity contribution in [2.75, 3.05) is 12.4 Å². The molecule has 1 atom stereocenters. The van der Waals surface area contributed by atoms with E-state index < -0.39 is 0 Å². The van der Waals surface area contributed by atoms with Crippen molar-refractivity contribution >= 4 is 28.9 Å². The highest BCUT2D eigenvalue weighted by Crippen LogP contribution is 2.32. The number of nitrogens with one attached hydrogen (secondary N) is 2. The van der Waals surface area contributed by atoms with Crippen LogP contribution < -0.4 is 10.6 Å². The summed E-state index contributed by atoms with van der Waals surface area (Å²) in [5.41, 5.74) is 5.11. The Hall–Kier alpha value is -3.87. The zero-order chi connectivity index (χ0) is 21.5. The smallest absolute Gasteiger partial charge is 0.241 e. The number of nitrogens with zero attached hydrogens (tertiary/aromatic N) is 4. The van der Waals surface area contributed by atoms with E-state index in [0.29, 0.717) is 11.8 Å². The maximum absolute atomic E-state index is 6.18. The Kier molecular flexibility index (Phi) is 4.52. The van der Waals surface area contributed by atoms with Crippen LogP contribution in [0.4, 0.5) is 5.69 Å². The molecule has 1 saturated carbocycles. The Morgan fingerprint density at radius 2 is 1.97 bits per heavy atom. The number of ether oxygens (including phenoxy) is 1. The molecule has 1 aliphatic carbocycles.